The van der Waals surface area contributed by atoms with Crippen molar-refractivity contribution in [1.29, 1.82) is 0 Å². The van der Waals surface area contributed by atoms with Crippen LogP contribution >= 0.6 is 15.9 Å². The molecule has 0 saturated heterocycles. The highest BCUT2D eigenvalue weighted by atomic mass is 79.9. The highest BCUT2D eigenvalue weighted by Gasteiger charge is 2.07. The molecule has 0 aliphatic rings. The lowest BCUT2D eigenvalue weighted by atomic mass is 10.3. The number of hydrogen-bond donors (Lipinski definition) is 0. The summed E-state index contributed by atoms with van der Waals surface area (Å²) in [5.74, 6) is 0. The average molecular weight is 295 g/mol. The summed E-state index contributed by atoms with van der Waals surface area (Å²) < 4.78 is 8.44. The molecule has 0 saturated carbocycles. The molecule has 0 N–H and O–H groups in total. The molecule has 0 bridgehead atoms. The molecule has 1 aromatic heterocycles. The molecule has 0 aliphatic carbocycles. The van der Waals surface area contributed by atoms with Crippen molar-refractivity contribution in [2.75, 3.05) is 6.61 Å². The van der Waals surface area contributed by atoms with Gasteiger partial charge in [0.1, 0.15) is 0 Å². The minimum Gasteiger partial charge on any atom is -0.375 e. The Balaban J connectivity index is 2.33. The van der Waals surface area contributed by atoms with Gasteiger partial charge in [-0.25, -0.2) is 4.68 Å². The van der Waals surface area contributed by atoms with E-state index in [1.54, 1.807) is 0 Å². The third-order valence-corrected chi connectivity index (χ3v) is 2.96. The number of rotatable bonds is 4. The molecule has 0 radical (unpaired) electrons. The van der Waals surface area contributed by atoms with E-state index in [0.29, 0.717) is 13.2 Å². The van der Waals surface area contributed by atoms with Crippen LogP contribution in [0.15, 0.2) is 34.8 Å². The van der Waals surface area contributed by atoms with Crippen LogP contribution in [0.3, 0.4) is 0 Å². The fraction of sp³-hybridized carbons (Fsp3) is 0.308. The first kappa shape index (κ1) is 12.3. The van der Waals surface area contributed by atoms with Gasteiger partial charge in [-0.1, -0.05) is 15.9 Å². The van der Waals surface area contributed by atoms with Gasteiger partial charge in [0.05, 0.1) is 23.7 Å². The molecule has 1 heterocycles. The van der Waals surface area contributed by atoms with Gasteiger partial charge in [0, 0.05) is 11.1 Å². The van der Waals surface area contributed by atoms with Crippen molar-refractivity contribution < 1.29 is 4.74 Å². The molecule has 4 heteroatoms. The van der Waals surface area contributed by atoms with Gasteiger partial charge in [-0.15, -0.1) is 0 Å². The Hall–Kier alpha value is -1.13. The van der Waals surface area contributed by atoms with E-state index in [9.17, 15) is 0 Å². The molecule has 0 spiro atoms. The Morgan fingerprint density at radius 1 is 1.29 bits per heavy atom. The van der Waals surface area contributed by atoms with Crippen molar-refractivity contribution in [2.45, 2.75) is 20.5 Å². The van der Waals surface area contributed by atoms with Crippen LogP contribution in [0.4, 0.5) is 0 Å². The first-order chi connectivity index (χ1) is 8.20. The molecule has 2 rings (SSSR count). The number of benzene rings is 1. The van der Waals surface area contributed by atoms with Gasteiger partial charge in [-0.2, -0.15) is 5.10 Å². The lowest BCUT2D eigenvalue weighted by molar-refractivity contribution is 0.129. The van der Waals surface area contributed by atoms with E-state index in [-0.39, 0.29) is 0 Å². The molecule has 0 atom stereocenters. The summed E-state index contributed by atoms with van der Waals surface area (Å²) in [6, 6.07) is 10.1. The number of ether oxygens (including phenoxy) is 1. The molecule has 2 aromatic rings. The number of hydrogen-bond acceptors (Lipinski definition) is 2. The quantitative estimate of drug-likeness (QED) is 0.863. The zero-order valence-electron chi connectivity index (χ0n) is 9.98. The van der Waals surface area contributed by atoms with E-state index in [4.69, 9.17) is 4.74 Å². The molecular formula is C13H15BrN2O. The van der Waals surface area contributed by atoms with E-state index >= 15 is 0 Å². The zero-order valence-corrected chi connectivity index (χ0v) is 11.6. The van der Waals surface area contributed by atoms with Gasteiger partial charge >= 0.3 is 0 Å². The first-order valence-electron chi connectivity index (χ1n) is 5.60. The number of aromatic nitrogens is 2. The molecule has 0 unspecified atom stereocenters. The van der Waals surface area contributed by atoms with E-state index in [2.05, 4.69) is 27.1 Å². The fourth-order valence-electron chi connectivity index (χ4n) is 1.67. The smallest absolute Gasteiger partial charge is 0.0889 e. The maximum absolute atomic E-state index is 5.45. The van der Waals surface area contributed by atoms with Gasteiger partial charge in [-0.3, -0.25) is 0 Å². The van der Waals surface area contributed by atoms with Gasteiger partial charge in [0.25, 0.3) is 0 Å². The fourth-order valence-corrected chi connectivity index (χ4v) is 1.93. The van der Waals surface area contributed by atoms with Crippen LogP contribution in [0.5, 0.6) is 0 Å². The summed E-state index contributed by atoms with van der Waals surface area (Å²) in [6.07, 6.45) is 0. The van der Waals surface area contributed by atoms with Crippen molar-refractivity contribution in [3.8, 4) is 5.69 Å². The van der Waals surface area contributed by atoms with Crippen LogP contribution in [0.1, 0.15) is 18.3 Å². The lowest BCUT2D eigenvalue weighted by Crippen LogP contribution is -2.04. The summed E-state index contributed by atoms with van der Waals surface area (Å²) in [6.45, 7) is 5.29. The molecule has 3 nitrogen and oxygen atoms in total. The molecule has 17 heavy (non-hydrogen) atoms. The van der Waals surface area contributed by atoms with E-state index in [1.807, 2.05) is 42.8 Å². The van der Waals surface area contributed by atoms with Crippen LogP contribution in [0.25, 0.3) is 5.69 Å². The molecular weight excluding hydrogens is 280 g/mol. The monoisotopic (exact) mass is 294 g/mol. The van der Waals surface area contributed by atoms with Crippen molar-refractivity contribution in [1.82, 2.24) is 9.78 Å². The van der Waals surface area contributed by atoms with Crippen LogP contribution < -0.4 is 0 Å². The summed E-state index contributed by atoms with van der Waals surface area (Å²) in [4.78, 5) is 0. The van der Waals surface area contributed by atoms with Gasteiger partial charge in [-0.05, 0) is 44.2 Å². The molecule has 1 aromatic carbocycles. The van der Waals surface area contributed by atoms with E-state index in [0.717, 1.165) is 21.5 Å². The Morgan fingerprint density at radius 2 is 2.00 bits per heavy atom. The molecule has 0 aliphatic heterocycles. The third-order valence-electron chi connectivity index (χ3n) is 2.43. The third kappa shape index (κ3) is 2.96. The normalized spacial score (nSPS) is 10.8. The van der Waals surface area contributed by atoms with Crippen molar-refractivity contribution in [2.24, 2.45) is 0 Å². The number of nitrogens with zero attached hydrogens (tertiary/aromatic N) is 2. The number of aryl methyl sites for hydroxylation is 1. The minimum absolute atomic E-state index is 0.591. The summed E-state index contributed by atoms with van der Waals surface area (Å²) in [5.41, 5.74) is 3.13. The van der Waals surface area contributed by atoms with Gasteiger partial charge in [0.2, 0.25) is 0 Å². The van der Waals surface area contributed by atoms with Crippen molar-refractivity contribution in [3.05, 3.63) is 46.2 Å². The van der Waals surface area contributed by atoms with Crippen LogP contribution in [0, 0.1) is 6.92 Å². The van der Waals surface area contributed by atoms with Gasteiger partial charge in [0.15, 0.2) is 0 Å². The minimum atomic E-state index is 0.591. The second kappa shape index (κ2) is 5.47. The average Bonchev–Trinajstić information content (AvgIpc) is 2.69. The zero-order chi connectivity index (χ0) is 12.3. The maximum Gasteiger partial charge on any atom is 0.0889 e. The summed E-state index contributed by atoms with van der Waals surface area (Å²) in [7, 11) is 0. The van der Waals surface area contributed by atoms with Crippen molar-refractivity contribution in [3.63, 3.8) is 0 Å². The van der Waals surface area contributed by atoms with Crippen molar-refractivity contribution >= 4 is 15.9 Å². The van der Waals surface area contributed by atoms with Gasteiger partial charge < -0.3 is 4.74 Å². The summed E-state index contributed by atoms with van der Waals surface area (Å²) in [5, 5.41) is 4.48. The van der Waals surface area contributed by atoms with Crippen LogP contribution in [-0.4, -0.2) is 16.4 Å². The topological polar surface area (TPSA) is 27.1 Å². The highest BCUT2D eigenvalue weighted by Crippen LogP contribution is 2.16. The second-order valence-electron chi connectivity index (χ2n) is 3.80. The largest absolute Gasteiger partial charge is 0.375 e. The first-order valence-corrected chi connectivity index (χ1v) is 6.39. The Morgan fingerprint density at radius 3 is 2.65 bits per heavy atom. The van der Waals surface area contributed by atoms with E-state index < -0.39 is 0 Å². The predicted octanol–water partition coefficient (Wildman–Crippen LogP) is 3.48. The molecule has 0 fully saturated rings. The predicted molar refractivity (Wildman–Crippen MR) is 71.3 cm³/mol. The Labute approximate surface area is 110 Å². The standard InChI is InChI=1S/C13H15BrN2O/c1-3-17-9-13-8-10(2)15-16(13)12-6-4-11(14)5-7-12/h4-8H,3,9H2,1-2H3. The maximum atomic E-state index is 5.45. The lowest BCUT2D eigenvalue weighted by Gasteiger charge is -2.07. The molecule has 90 valence electrons. The van der Waals surface area contributed by atoms with E-state index in [1.165, 1.54) is 0 Å². The molecule has 0 amide bonds. The summed E-state index contributed by atoms with van der Waals surface area (Å²) >= 11 is 3.43. The second-order valence-corrected chi connectivity index (χ2v) is 4.72. The highest BCUT2D eigenvalue weighted by molar-refractivity contribution is 9.10. The Kier molecular flexibility index (Phi) is 3.97. The SMILES string of the molecule is CCOCc1cc(C)nn1-c1ccc(Br)cc1. The van der Waals surface area contributed by atoms with Crippen LogP contribution in [0.2, 0.25) is 0 Å². The number of halogens is 1. The van der Waals surface area contributed by atoms with Crippen LogP contribution in [-0.2, 0) is 11.3 Å². The Bertz CT molecular complexity index is 491.